The van der Waals surface area contributed by atoms with Gasteiger partial charge in [-0.15, -0.1) is 0 Å². The lowest BCUT2D eigenvalue weighted by Crippen LogP contribution is -2.55. The molecular formula is C66H34B2N4. The summed E-state index contributed by atoms with van der Waals surface area (Å²) >= 11 is 0. The Morgan fingerprint density at radius 2 is 0.639 bits per heavy atom. The van der Waals surface area contributed by atoms with E-state index in [2.05, 4.69) is 224 Å². The highest BCUT2D eigenvalue weighted by molar-refractivity contribution is 6.92. The number of fused-ring (bicyclic) bond motifs is 27. The normalized spacial score (nSPS) is 13.8. The van der Waals surface area contributed by atoms with Gasteiger partial charge in [-0.25, -0.2) is 0 Å². The molecule has 72 heavy (non-hydrogen) atoms. The van der Waals surface area contributed by atoms with Crippen LogP contribution in [-0.2, 0) is 0 Å². The minimum Gasteiger partial charge on any atom is -0.374 e. The van der Waals surface area contributed by atoms with E-state index in [9.17, 15) is 0 Å². The van der Waals surface area contributed by atoms with Gasteiger partial charge in [-0.05, 0) is 100 Å². The third kappa shape index (κ3) is 3.74. The number of hydrogen-bond donors (Lipinski definition) is 0. The number of aromatic nitrogens is 4. The summed E-state index contributed by atoms with van der Waals surface area (Å²) in [6.07, 6.45) is 0. The van der Waals surface area contributed by atoms with Crippen molar-refractivity contribution in [3.63, 3.8) is 0 Å². The SMILES string of the molecule is c1cc2c3c(c1)-n1c4ccc5ccccc5c4c4c5ccccc5cc(c41)B3n1c3c-2cccc3c2c1c1cccc3c1n2B1c2c-3cccc2-n2c3ccc4ccccc4c3c3c4ccccc4cc1c32. The molecule has 0 fully saturated rings. The van der Waals surface area contributed by atoms with Gasteiger partial charge in [0, 0.05) is 65.9 Å². The van der Waals surface area contributed by atoms with Crippen LogP contribution < -0.4 is 21.9 Å². The maximum atomic E-state index is 2.82. The number of nitrogens with zero attached hydrogens (tertiary/aromatic N) is 4. The van der Waals surface area contributed by atoms with Crippen LogP contribution in [0.3, 0.4) is 0 Å². The standard InChI is InChI=1S/C66H34B2N4/c1-5-17-39-35(13-1)29-31-51-55(39)57-41-19-7-3-15-37(41)33-49-65(57)69(51)53-27-11-21-43-45-23-9-25-47-61(45)71(67(49)59(43)53)63-48-26-10-24-46-44-22-12-28-54-60(44)68(72(62(46)48)64(47)63)50-34-38-16-4-8-20-42(38)58-56-40-18-6-2-14-36(40)30-32-52(56)70(54)66(50)58/h1-34H. The molecule has 0 atom stereocenters. The number of benzene rings is 12. The van der Waals surface area contributed by atoms with Crippen LogP contribution in [0.2, 0.25) is 0 Å². The molecule has 4 aliphatic heterocycles. The zero-order valence-electron chi connectivity index (χ0n) is 38.6. The summed E-state index contributed by atoms with van der Waals surface area (Å²) in [6, 6.07) is 79.2. The van der Waals surface area contributed by atoms with E-state index in [0.717, 1.165) is 0 Å². The first-order valence-corrected chi connectivity index (χ1v) is 25.4. The highest BCUT2D eigenvalue weighted by Gasteiger charge is 2.46. The molecule has 4 nitrogen and oxygen atoms in total. The molecule has 6 heteroatoms. The Morgan fingerprint density at radius 3 is 1.10 bits per heavy atom. The van der Waals surface area contributed by atoms with Crippen molar-refractivity contribution in [1.82, 2.24) is 18.1 Å². The van der Waals surface area contributed by atoms with Gasteiger partial charge in [0.25, 0.3) is 0 Å². The Labute approximate surface area is 411 Å². The fourth-order valence-electron chi connectivity index (χ4n) is 15.6. The summed E-state index contributed by atoms with van der Waals surface area (Å²) in [4.78, 5) is 0. The van der Waals surface area contributed by atoms with Crippen molar-refractivity contribution in [2.45, 2.75) is 0 Å². The summed E-state index contributed by atoms with van der Waals surface area (Å²) < 4.78 is 10.9. The Hall–Kier alpha value is -9.25. The first kappa shape index (κ1) is 35.8. The molecule has 8 heterocycles. The van der Waals surface area contributed by atoms with Gasteiger partial charge in [-0.1, -0.05) is 182 Å². The molecule has 4 aromatic heterocycles. The van der Waals surface area contributed by atoms with Gasteiger partial charge in [-0.2, -0.15) is 0 Å². The average Bonchev–Trinajstić information content (AvgIpc) is 4.18. The van der Waals surface area contributed by atoms with E-state index in [1.807, 2.05) is 0 Å². The van der Waals surface area contributed by atoms with E-state index in [1.165, 1.54) is 175 Å². The Balaban J connectivity index is 0.990. The van der Waals surface area contributed by atoms with Crippen LogP contribution in [-0.4, -0.2) is 31.8 Å². The van der Waals surface area contributed by atoms with Crippen LogP contribution in [0, 0.1) is 0 Å². The molecular weight excluding hydrogens is 870 g/mol. The summed E-state index contributed by atoms with van der Waals surface area (Å²) in [5.41, 5.74) is 23.7. The minimum absolute atomic E-state index is 0.0720. The number of rotatable bonds is 0. The van der Waals surface area contributed by atoms with Crippen LogP contribution >= 0.6 is 0 Å². The molecule has 0 N–H and O–H groups in total. The second kappa shape index (κ2) is 11.8. The lowest BCUT2D eigenvalue weighted by Gasteiger charge is -2.34. The van der Waals surface area contributed by atoms with Crippen LogP contribution in [0.1, 0.15) is 0 Å². The second-order valence-electron chi connectivity index (χ2n) is 21.0. The summed E-state index contributed by atoms with van der Waals surface area (Å²) in [5.74, 6) is 0. The van der Waals surface area contributed by atoms with Crippen molar-refractivity contribution in [3.8, 4) is 33.6 Å². The lowest BCUT2D eigenvalue weighted by atomic mass is 9.45. The molecule has 0 amide bonds. The van der Waals surface area contributed by atoms with E-state index in [0.29, 0.717) is 0 Å². The van der Waals surface area contributed by atoms with Crippen molar-refractivity contribution in [1.29, 1.82) is 0 Å². The van der Waals surface area contributed by atoms with Gasteiger partial charge < -0.3 is 18.1 Å². The van der Waals surface area contributed by atoms with Crippen molar-refractivity contribution in [3.05, 3.63) is 206 Å². The van der Waals surface area contributed by atoms with Crippen molar-refractivity contribution < 1.29 is 0 Å². The van der Waals surface area contributed by atoms with E-state index in [-0.39, 0.29) is 13.7 Å². The third-order valence-electron chi connectivity index (χ3n) is 18.0. The van der Waals surface area contributed by atoms with Crippen LogP contribution in [0.25, 0.3) is 153 Å². The molecule has 20 rings (SSSR count). The molecule has 324 valence electrons. The molecule has 0 unspecified atom stereocenters. The highest BCUT2D eigenvalue weighted by atomic mass is 15.1. The topological polar surface area (TPSA) is 19.7 Å². The third-order valence-corrected chi connectivity index (χ3v) is 18.0. The molecule has 16 aromatic rings. The molecule has 0 bridgehead atoms. The Kier molecular flexibility index (Phi) is 5.89. The Bertz CT molecular complexity index is 5040. The Morgan fingerprint density at radius 1 is 0.264 bits per heavy atom. The largest absolute Gasteiger partial charge is 0.374 e. The monoisotopic (exact) mass is 904 g/mol. The zero-order chi connectivity index (χ0) is 46.0. The molecule has 0 radical (unpaired) electrons. The number of hydrogen-bond acceptors (Lipinski definition) is 0. The van der Waals surface area contributed by atoms with Gasteiger partial charge in [0.2, 0.25) is 0 Å². The van der Waals surface area contributed by atoms with E-state index < -0.39 is 0 Å². The van der Waals surface area contributed by atoms with E-state index in [1.54, 1.807) is 0 Å². The fourth-order valence-corrected chi connectivity index (χ4v) is 15.6. The molecule has 0 aliphatic carbocycles. The highest BCUT2D eigenvalue weighted by Crippen LogP contribution is 2.51. The summed E-state index contributed by atoms with van der Waals surface area (Å²) in [5, 5.41) is 18.3. The number of para-hydroxylation sites is 2. The van der Waals surface area contributed by atoms with Crippen LogP contribution in [0.15, 0.2) is 206 Å². The molecule has 4 aliphatic rings. The smallest absolute Gasteiger partial charge is 0.333 e. The molecule has 12 aromatic carbocycles. The average molecular weight is 905 g/mol. The van der Waals surface area contributed by atoms with E-state index >= 15 is 0 Å². The molecule has 0 saturated carbocycles. The fraction of sp³-hybridized carbons (Fsp3) is 0. The predicted octanol–water partition coefficient (Wildman–Crippen LogP) is 13.5. The minimum atomic E-state index is -0.0720. The van der Waals surface area contributed by atoms with Gasteiger partial charge in [-0.3, -0.25) is 0 Å². The summed E-state index contributed by atoms with van der Waals surface area (Å²) in [7, 11) is 0. The van der Waals surface area contributed by atoms with Crippen LogP contribution in [0.5, 0.6) is 0 Å². The first-order valence-electron chi connectivity index (χ1n) is 25.4. The van der Waals surface area contributed by atoms with Crippen molar-refractivity contribution in [2.75, 3.05) is 0 Å². The molecule has 0 saturated heterocycles. The van der Waals surface area contributed by atoms with Gasteiger partial charge in [0.05, 0.1) is 33.1 Å². The van der Waals surface area contributed by atoms with Gasteiger partial charge >= 0.3 is 13.7 Å². The van der Waals surface area contributed by atoms with Crippen molar-refractivity contribution >= 4 is 155 Å². The summed E-state index contributed by atoms with van der Waals surface area (Å²) in [6.45, 7) is -0.144. The van der Waals surface area contributed by atoms with Crippen LogP contribution in [0.4, 0.5) is 0 Å². The van der Waals surface area contributed by atoms with E-state index in [4.69, 9.17) is 0 Å². The second-order valence-corrected chi connectivity index (χ2v) is 21.0. The maximum absolute atomic E-state index is 2.82. The predicted molar refractivity (Wildman–Crippen MR) is 305 cm³/mol. The van der Waals surface area contributed by atoms with Gasteiger partial charge in [0.15, 0.2) is 0 Å². The zero-order valence-corrected chi connectivity index (χ0v) is 38.6. The van der Waals surface area contributed by atoms with Gasteiger partial charge in [0.1, 0.15) is 0 Å². The lowest BCUT2D eigenvalue weighted by molar-refractivity contribution is 1.18. The molecule has 0 spiro atoms. The first-order chi connectivity index (χ1) is 35.8. The van der Waals surface area contributed by atoms with Crippen molar-refractivity contribution in [2.24, 2.45) is 0 Å². The maximum Gasteiger partial charge on any atom is 0.333 e. The quantitative estimate of drug-likeness (QED) is 0.135.